The molecule has 0 nitrogen and oxygen atoms in total. The van der Waals surface area contributed by atoms with Gasteiger partial charge in [0.25, 0.3) is 0 Å². The maximum atomic E-state index is 2.33. The standard InChI is InChI=1S/C13H14/c1-9-7-11-3-2-4-12(10-5-6-10)13(11)8-9/h2-4,7,10H,5-6,8H2,1H3. The Kier molecular flexibility index (Phi) is 1.40. The summed E-state index contributed by atoms with van der Waals surface area (Å²) in [5.74, 6) is 0.897. The van der Waals surface area contributed by atoms with Gasteiger partial charge in [0.1, 0.15) is 0 Å². The average Bonchev–Trinajstić information content (AvgIpc) is 2.86. The highest BCUT2D eigenvalue weighted by molar-refractivity contribution is 5.65. The van der Waals surface area contributed by atoms with Crippen molar-refractivity contribution in [3.63, 3.8) is 0 Å². The molecule has 0 heterocycles. The summed E-state index contributed by atoms with van der Waals surface area (Å²) in [6, 6.07) is 6.78. The molecule has 66 valence electrons. The molecule has 1 aromatic carbocycles. The minimum Gasteiger partial charge on any atom is -0.0683 e. The van der Waals surface area contributed by atoms with Crippen LogP contribution in [0.15, 0.2) is 23.8 Å². The largest absolute Gasteiger partial charge is 0.0683 e. The van der Waals surface area contributed by atoms with E-state index in [2.05, 4.69) is 31.2 Å². The summed E-state index contributed by atoms with van der Waals surface area (Å²) in [6.45, 7) is 2.23. The van der Waals surface area contributed by atoms with Crippen LogP contribution in [0.5, 0.6) is 0 Å². The number of hydrogen-bond acceptors (Lipinski definition) is 0. The summed E-state index contributed by atoms with van der Waals surface area (Å²) < 4.78 is 0. The van der Waals surface area contributed by atoms with Crippen LogP contribution in [0.2, 0.25) is 0 Å². The zero-order chi connectivity index (χ0) is 8.84. The lowest BCUT2D eigenvalue weighted by atomic mass is 9.99. The van der Waals surface area contributed by atoms with Crippen molar-refractivity contribution in [2.45, 2.75) is 32.1 Å². The first-order chi connectivity index (χ1) is 6.34. The van der Waals surface area contributed by atoms with Gasteiger partial charge in [-0.1, -0.05) is 29.8 Å². The SMILES string of the molecule is CC1=Cc2cccc(C3CC3)c2C1. The smallest absolute Gasteiger partial charge is 0.00578 e. The van der Waals surface area contributed by atoms with Gasteiger partial charge in [0, 0.05) is 0 Å². The van der Waals surface area contributed by atoms with E-state index in [1.165, 1.54) is 30.4 Å². The van der Waals surface area contributed by atoms with Crippen LogP contribution in [0.4, 0.5) is 0 Å². The molecule has 1 aromatic rings. The summed E-state index contributed by atoms with van der Waals surface area (Å²) in [5.41, 5.74) is 6.23. The Labute approximate surface area is 79.3 Å². The van der Waals surface area contributed by atoms with Crippen molar-refractivity contribution < 1.29 is 0 Å². The van der Waals surface area contributed by atoms with Crippen molar-refractivity contribution in [2.75, 3.05) is 0 Å². The summed E-state index contributed by atoms with van der Waals surface area (Å²) in [4.78, 5) is 0. The number of allylic oxidation sites excluding steroid dienone is 1. The first-order valence-corrected chi connectivity index (χ1v) is 5.13. The van der Waals surface area contributed by atoms with Crippen LogP contribution in [0.25, 0.3) is 6.08 Å². The Balaban J connectivity index is 2.12. The second-order valence-corrected chi connectivity index (χ2v) is 4.36. The van der Waals surface area contributed by atoms with Crippen LogP contribution in [0.1, 0.15) is 42.4 Å². The fourth-order valence-corrected chi connectivity index (χ4v) is 2.33. The van der Waals surface area contributed by atoms with E-state index in [-0.39, 0.29) is 0 Å². The summed E-state index contributed by atoms with van der Waals surface area (Å²) in [5, 5.41) is 0. The molecule has 0 spiro atoms. The molecule has 0 radical (unpaired) electrons. The molecule has 0 unspecified atom stereocenters. The molecular weight excluding hydrogens is 156 g/mol. The number of fused-ring (bicyclic) bond motifs is 1. The summed E-state index contributed by atoms with van der Waals surface area (Å²) in [7, 11) is 0. The second kappa shape index (κ2) is 2.47. The molecule has 0 heteroatoms. The second-order valence-electron chi connectivity index (χ2n) is 4.36. The highest BCUT2D eigenvalue weighted by Gasteiger charge is 2.27. The van der Waals surface area contributed by atoms with Gasteiger partial charge >= 0.3 is 0 Å². The van der Waals surface area contributed by atoms with E-state index in [0.717, 1.165) is 5.92 Å². The Bertz CT molecular complexity index is 381. The topological polar surface area (TPSA) is 0 Å². The molecule has 0 atom stereocenters. The van der Waals surface area contributed by atoms with E-state index in [1.54, 1.807) is 11.1 Å². The third-order valence-corrected chi connectivity index (χ3v) is 3.12. The zero-order valence-corrected chi connectivity index (χ0v) is 8.01. The van der Waals surface area contributed by atoms with Crippen molar-refractivity contribution >= 4 is 6.08 Å². The molecule has 0 amide bonds. The summed E-state index contributed by atoms with van der Waals surface area (Å²) >= 11 is 0. The molecule has 2 aliphatic rings. The van der Waals surface area contributed by atoms with E-state index in [0.29, 0.717) is 0 Å². The molecular formula is C13H14. The maximum absolute atomic E-state index is 2.33. The normalized spacial score (nSPS) is 19.9. The van der Waals surface area contributed by atoms with Crippen LogP contribution in [-0.4, -0.2) is 0 Å². The van der Waals surface area contributed by atoms with Gasteiger partial charge in [0.05, 0.1) is 0 Å². The van der Waals surface area contributed by atoms with Gasteiger partial charge in [-0.3, -0.25) is 0 Å². The fraction of sp³-hybridized carbons (Fsp3) is 0.385. The Morgan fingerprint density at radius 3 is 2.85 bits per heavy atom. The van der Waals surface area contributed by atoms with Crippen LogP contribution in [-0.2, 0) is 6.42 Å². The quantitative estimate of drug-likeness (QED) is 0.605. The Morgan fingerprint density at radius 1 is 1.23 bits per heavy atom. The van der Waals surface area contributed by atoms with Crippen molar-refractivity contribution in [2.24, 2.45) is 0 Å². The minimum atomic E-state index is 0.897. The van der Waals surface area contributed by atoms with Crippen molar-refractivity contribution in [3.05, 3.63) is 40.5 Å². The van der Waals surface area contributed by atoms with Gasteiger partial charge in [0.15, 0.2) is 0 Å². The number of rotatable bonds is 1. The van der Waals surface area contributed by atoms with Gasteiger partial charge < -0.3 is 0 Å². The predicted molar refractivity (Wildman–Crippen MR) is 55.8 cm³/mol. The monoisotopic (exact) mass is 170 g/mol. The van der Waals surface area contributed by atoms with Crippen molar-refractivity contribution in [1.82, 2.24) is 0 Å². The van der Waals surface area contributed by atoms with Crippen molar-refractivity contribution in [1.29, 1.82) is 0 Å². The minimum absolute atomic E-state index is 0.897. The van der Waals surface area contributed by atoms with E-state index in [4.69, 9.17) is 0 Å². The third kappa shape index (κ3) is 1.13. The van der Waals surface area contributed by atoms with Gasteiger partial charge in [-0.05, 0) is 48.8 Å². The third-order valence-electron chi connectivity index (χ3n) is 3.12. The van der Waals surface area contributed by atoms with E-state index >= 15 is 0 Å². The Morgan fingerprint density at radius 2 is 2.08 bits per heavy atom. The number of benzene rings is 1. The van der Waals surface area contributed by atoms with Crippen LogP contribution < -0.4 is 0 Å². The van der Waals surface area contributed by atoms with Gasteiger partial charge in [-0.15, -0.1) is 0 Å². The van der Waals surface area contributed by atoms with E-state index < -0.39 is 0 Å². The Hall–Kier alpha value is -1.04. The highest BCUT2D eigenvalue weighted by Crippen LogP contribution is 2.44. The predicted octanol–water partition coefficient (Wildman–Crippen LogP) is 3.52. The van der Waals surface area contributed by atoms with Gasteiger partial charge in [-0.2, -0.15) is 0 Å². The molecule has 3 rings (SSSR count). The van der Waals surface area contributed by atoms with E-state index in [1.807, 2.05) is 0 Å². The molecule has 13 heavy (non-hydrogen) atoms. The van der Waals surface area contributed by atoms with Crippen LogP contribution in [0.3, 0.4) is 0 Å². The first kappa shape index (κ1) is 7.37. The lowest BCUT2D eigenvalue weighted by Crippen LogP contribution is -1.91. The van der Waals surface area contributed by atoms with Crippen LogP contribution >= 0.6 is 0 Å². The van der Waals surface area contributed by atoms with Crippen molar-refractivity contribution in [3.8, 4) is 0 Å². The highest BCUT2D eigenvalue weighted by atomic mass is 14.3. The molecule has 2 aliphatic carbocycles. The maximum Gasteiger partial charge on any atom is -0.00578 e. The van der Waals surface area contributed by atoms with Gasteiger partial charge in [-0.25, -0.2) is 0 Å². The molecule has 0 bridgehead atoms. The average molecular weight is 170 g/mol. The lowest BCUT2D eigenvalue weighted by molar-refractivity contribution is 1.06. The molecule has 1 fully saturated rings. The zero-order valence-electron chi connectivity index (χ0n) is 8.01. The van der Waals surface area contributed by atoms with E-state index in [9.17, 15) is 0 Å². The first-order valence-electron chi connectivity index (χ1n) is 5.13. The number of hydrogen-bond donors (Lipinski definition) is 0. The fourth-order valence-electron chi connectivity index (χ4n) is 2.33. The molecule has 0 N–H and O–H groups in total. The summed E-state index contributed by atoms with van der Waals surface area (Å²) in [6.07, 6.45) is 6.36. The molecule has 0 aliphatic heterocycles. The molecule has 0 saturated heterocycles. The van der Waals surface area contributed by atoms with Gasteiger partial charge in [0.2, 0.25) is 0 Å². The molecule has 1 saturated carbocycles. The van der Waals surface area contributed by atoms with Crippen LogP contribution in [0, 0.1) is 0 Å². The lowest BCUT2D eigenvalue weighted by Gasteiger charge is -2.06. The molecule has 0 aromatic heterocycles.